The SMILES string of the molecule is COc1ccc(-c2nc(C3CC(=O)N(c4ccc(F)c(Cl)c4)C3)no2)c(OC)c1. The number of amides is 1. The Bertz CT molecular complexity index is 1070. The number of benzene rings is 2. The van der Waals surface area contributed by atoms with Gasteiger partial charge < -0.3 is 18.9 Å². The maximum Gasteiger partial charge on any atom is 0.261 e. The molecule has 1 unspecified atom stereocenters. The zero-order valence-electron chi connectivity index (χ0n) is 15.7. The van der Waals surface area contributed by atoms with E-state index in [1.165, 1.54) is 25.3 Å². The summed E-state index contributed by atoms with van der Waals surface area (Å²) in [5.74, 6) is 0.969. The molecule has 7 nitrogen and oxygen atoms in total. The third-order valence-electron chi connectivity index (χ3n) is 4.79. The number of nitrogens with zero attached hydrogens (tertiary/aromatic N) is 3. The number of halogens is 2. The van der Waals surface area contributed by atoms with Gasteiger partial charge in [-0.15, -0.1) is 0 Å². The van der Waals surface area contributed by atoms with E-state index in [0.717, 1.165) is 0 Å². The van der Waals surface area contributed by atoms with Crippen molar-refractivity contribution in [3.05, 3.63) is 53.1 Å². The van der Waals surface area contributed by atoms with Crippen molar-refractivity contribution in [3.8, 4) is 23.0 Å². The van der Waals surface area contributed by atoms with Crippen molar-refractivity contribution in [2.45, 2.75) is 12.3 Å². The maximum atomic E-state index is 13.4. The van der Waals surface area contributed by atoms with Crippen LogP contribution in [0.15, 0.2) is 40.9 Å². The Hall–Kier alpha value is -3.13. The van der Waals surface area contributed by atoms with Gasteiger partial charge in [-0.25, -0.2) is 4.39 Å². The molecule has 3 aromatic rings. The molecule has 1 aromatic heterocycles. The highest BCUT2D eigenvalue weighted by atomic mass is 35.5. The van der Waals surface area contributed by atoms with Gasteiger partial charge in [0, 0.05) is 30.6 Å². The van der Waals surface area contributed by atoms with Gasteiger partial charge in [-0.3, -0.25) is 4.79 Å². The lowest BCUT2D eigenvalue weighted by atomic mass is 10.1. The summed E-state index contributed by atoms with van der Waals surface area (Å²) in [6.45, 7) is 0.347. The topological polar surface area (TPSA) is 77.7 Å². The van der Waals surface area contributed by atoms with E-state index in [1.807, 2.05) is 0 Å². The average Bonchev–Trinajstić information content (AvgIpc) is 3.36. The molecule has 0 spiro atoms. The number of hydrogen-bond acceptors (Lipinski definition) is 6. The molecule has 0 radical (unpaired) electrons. The zero-order valence-corrected chi connectivity index (χ0v) is 16.4. The Morgan fingerprint density at radius 1 is 1.21 bits per heavy atom. The number of carbonyl (C=O) groups is 1. The Morgan fingerprint density at radius 2 is 2.03 bits per heavy atom. The van der Waals surface area contributed by atoms with Gasteiger partial charge >= 0.3 is 0 Å². The minimum atomic E-state index is -0.533. The third kappa shape index (κ3) is 3.63. The molecule has 1 aliphatic rings. The normalized spacial score (nSPS) is 16.3. The van der Waals surface area contributed by atoms with E-state index in [4.69, 9.17) is 25.6 Å². The van der Waals surface area contributed by atoms with Crippen LogP contribution >= 0.6 is 11.6 Å². The van der Waals surface area contributed by atoms with Crippen molar-refractivity contribution >= 4 is 23.2 Å². The molecule has 150 valence electrons. The predicted molar refractivity (Wildman–Crippen MR) is 104 cm³/mol. The van der Waals surface area contributed by atoms with Gasteiger partial charge in [0.1, 0.15) is 17.3 Å². The number of methoxy groups -OCH3 is 2. The first-order valence-electron chi connectivity index (χ1n) is 8.81. The maximum absolute atomic E-state index is 13.4. The van der Waals surface area contributed by atoms with Crippen LogP contribution in [0.1, 0.15) is 18.2 Å². The number of carbonyl (C=O) groups excluding carboxylic acids is 1. The lowest BCUT2D eigenvalue weighted by Gasteiger charge is -2.16. The summed E-state index contributed by atoms with van der Waals surface area (Å²) in [7, 11) is 3.10. The number of ether oxygens (including phenoxy) is 2. The van der Waals surface area contributed by atoms with Crippen LogP contribution in [0, 0.1) is 5.82 Å². The van der Waals surface area contributed by atoms with Crippen molar-refractivity contribution < 1.29 is 23.2 Å². The van der Waals surface area contributed by atoms with E-state index in [0.29, 0.717) is 35.1 Å². The van der Waals surface area contributed by atoms with Crippen molar-refractivity contribution in [1.82, 2.24) is 10.1 Å². The second-order valence-electron chi connectivity index (χ2n) is 6.53. The van der Waals surface area contributed by atoms with Crippen molar-refractivity contribution in [2.75, 3.05) is 25.7 Å². The fraction of sp³-hybridized carbons (Fsp3) is 0.250. The van der Waals surface area contributed by atoms with Gasteiger partial charge in [0.25, 0.3) is 5.89 Å². The fourth-order valence-electron chi connectivity index (χ4n) is 3.27. The molecular formula is C20H17ClFN3O4. The summed E-state index contributed by atoms with van der Waals surface area (Å²) in [5.41, 5.74) is 1.16. The molecule has 1 amide bonds. The molecule has 0 N–H and O–H groups in total. The number of hydrogen-bond donors (Lipinski definition) is 0. The standard InChI is InChI=1S/C20H17ClFN3O4/c1-27-13-4-5-14(17(9-13)28-2)20-23-19(24-29-20)11-7-18(26)25(10-11)12-3-6-16(22)15(21)8-12/h3-6,8-9,11H,7,10H2,1-2H3. The average molecular weight is 418 g/mol. The minimum absolute atomic E-state index is 0.0350. The summed E-state index contributed by atoms with van der Waals surface area (Å²) < 4.78 is 29.4. The van der Waals surface area contributed by atoms with E-state index in [-0.39, 0.29) is 29.2 Å². The second-order valence-corrected chi connectivity index (χ2v) is 6.93. The van der Waals surface area contributed by atoms with Gasteiger partial charge in [-0.05, 0) is 30.3 Å². The minimum Gasteiger partial charge on any atom is -0.497 e. The van der Waals surface area contributed by atoms with E-state index in [9.17, 15) is 9.18 Å². The van der Waals surface area contributed by atoms with Crippen LogP contribution in [0.4, 0.5) is 10.1 Å². The van der Waals surface area contributed by atoms with Crippen LogP contribution in [0.25, 0.3) is 11.5 Å². The molecule has 9 heteroatoms. The molecule has 2 heterocycles. The van der Waals surface area contributed by atoms with Gasteiger partial charge in [-0.1, -0.05) is 16.8 Å². The summed E-state index contributed by atoms with van der Waals surface area (Å²) in [5, 5.41) is 4.01. The highest BCUT2D eigenvalue weighted by Crippen LogP contribution is 2.35. The van der Waals surface area contributed by atoms with E-state index in [1.54, 1.807) is 30.2 Å². The lowest BCUT2D eigenvalue weighted by Crippen LogP contribution is -2.24. The Labute approximate surface area is 171 Å². The van der Waals surface area contributed by atoms with Gasteiger partial charge in [0.15, 0.2) is 5.82 Å². The number of aromatic nitrogens is 2. The van der Waals surface area contributed by atoms with Gasteiger partial charge in [0.05, 0.1) is 24.8 Å². The Kier molecular flexibility index (Phi) is 5.10. The van der Waals surface area contributed by atoms with Crippen LogP contribution in [0.5, 0.6) is 11.5 Å². The molecule has 0 saturated carbocycles. The summed E-state index contributed by atoms with van der Waals surface area (Å²) in [6.07, 6.45) is 0.216. The number of anilines is 1. The van der Waals surface area contributed by atoms with Gasteiger partial charge in [0.2, 0.25) is 5.91 Å². The van der Waals surface area contributed by atoms with Crippen LogP contribution in [-0.2, 0) is 4.79 Å². The zero-order chi connectivity index (χ0) is 20.5. The Morgan fingerprint density at radius 3 is 2.76 bits per heavy atom. The molecule has 1 saturated heterocycles. The molecule has 4 rings (SSSR count). The highest BCUT2D eigenvalue weighted by molar-refractivity contribution is 6.31. The van der Waals surface area contributed by atoms with Crippen molar-refractivity contribution in [1.29, 1.82) is 0 Å². The third-order valence-corrected chi connectivity index (χ3v) is 5.08. The fourth-order valence-corrected chi connectivity index (χ4v) is 3.44. The lowest BCUT2D eigenvalue weighted by molar-refractivity contribution is -0.117. The molecule has 1 fully saturated rings. The molecule has 0 aliphatic carbocycles. The molecule has 29 heavy (non-hydrogen) atoms. The first kappa shape index (κ1) is 19.2. The molecule has 2 aromatic carbocycles. The van der Waals surface area contributed by atoms with Crippen LogP contribution in [0.3, 0.4) is 0 Å². The molecule has 0 bridgehead atoms. The van der Waals surface area contributed by atoms with Crippen molar-refractivity contribution in [2.24, 2.45) is 0 Å². The van der Waals surface area contributed by atoms with Crippen molar-refractivity contribution in [3.63, 3.8) is 0 Å². The Balaban J connectivity index is 1.57. The van der Waals surface area contributed by atoms with E-state index >= 15 is 0 Å². The second kappa shape index (κ2) is 7.71. The highest BCUT2D eigenvalue weighted by Gasteiger charge is 2.35. The van der Waals surface area contributed by atoms with Gasteiger partial charge in [-0.2, -0.15) is 4.98 Å². The largest absolute Gasteiger partial charge is 0.497 e. The molecule has 1 aliphatic heterocycles. The van der Waals surface area contributed by atoms with E-state index in [2.05, 4.69) is 10.1 Å². The quantitative estimate of drug-likeness (QED) is 0.622. The summed E-state index contributed by atoms with van der Waals surface area (Å²) >= 11 is 5.84. The summed E-state index contributed by atoms with van der Waals surface area (Å²) in [6, 6.07) is 9.44. The van der Waals surface area contributed by atoms with Crippen LogP contribution in [0.2, 0.25) is 5.02 Å². The smallest absolute Gasteiger partial charge is 0.261 e. The number of rotatable bonds is 5. The first-order valence-corrected chi connectivity index (χ1v) is 9.19. The first-order chi connectivity index (χ1) is 14.0. The van der Waals surface area contributed by atoms with E-state index < -0.39 is 5.82 Å². The predicted octanol–water partition coefficient (Wildman–Crippen LogP) is 4.07. The molecular weight excluding hydrogens is 401 g/mol. The van der Waals surface area contributed by atoms with Crippen LogP contribution in [-0.4, -0.2) is 36.8 Å². The monoisotopic (exact) mass is 417 g/mol. The molecule has 1 atom stereocenters. The summed E-state index contributed by atoms with van der Waals surface area (Å²) in [4.78, 5) is 18.5. The van der Waals surface area contributed by atoms with Crippen LogP contribution < -0.4 is 14.4 Å².